The second kappa shape index (κ2) is 4.05. The van der Waals surface area contributed by atoms with Crippen molar-refractivity contribution in [2.75, 3.05) is 0 Å². The van der Waals surface area contributed by atoms with E-state index in [4.69, 9.17) is 0 Å². The predicted molar refractivity (Wildman–Crippen MR) is 54.6 cm³/mol. The Morgan fingerprint density at radius 1 is 1.41 bits per heavy atom. The predicted octanol–water partition coefficient (Wildman–Crippen LogP) is 3.05. The lowest BCUT2D eigenvalue weighted by Crippen LogP contribution is -2.18. The minimum atomic E-state index is -2.98. The lowest BCUT2D eigenvalue weighted by molar-refractivity contribution is -0.119. The van der Waals surface area contributed by atoms with Gasteiger partial charge < -0.3 is 4.74 Å². The number of carbonyl (C=O) groups excluding carboxylic acids is 1. The molecule has 0 aliphatic heterocycles. The summed E-state index contributed by atoms with van der Waals surface area (Å²) in [5.74, 6) is -1.00. The molecule has 1 aliphatic carbocycles. The molecule has 0 heterocycles. The maximum Gasteiger partial charge on any atom is 0.387 e. The molecular formula is C12H11F3O2. The molecule has 1 saturated carbocycles. The molecule has 2 rings (SSSR count). The van der Waals surface area contributed by atoms with Crippen LogP contribution in [0.25, 0.3) is 0 Å². The zero-order chi connectivity index (χ0) is 12.6. The van der Waals surface area contributed by atoms with Crippen molar-refractivity contribution in [1.29, 1.82) is 0 Å². The highest BCUT2D eigenvalue weighted by Crippen LogP contribution is 2.50. The standard InChI is InChI=1S/C12H11F3O2/c1-7(16)12(4-5-12)9-3-2-8(6-10(9)13)17-11(14)15/h2-3,6,11H,4-5H2,1H3. The number of benzene rings is 1. The van der Waals surface area contributed by atoms with Gasteiger partial charge in [0.25, 0.3) is 0 Å². The van der Waals surface area contributed by atoms with Crippen LogP contribution < -0.4 is 4.74 Å². The minimum absolute atomic E-state index is 0.0982. The van der Waals surface area contributed by atoms with Gasteiger partial charge in [0.2, 0.25) is 0 Å². The van der Waals surface area contributed by atoms with Crippen LogP contribution in [0, 0.1) is 5.82 Å². The normalized spacial score (nSPS) is 17.0. The molecule has 0 bridgehead atoms. The lowest BCUT2D eigenvalue weighted by atomic mass is 9.91. The van der Waals surface area contributed by atoms with Crippen LogP contribution in [-0.4, -0.2) is 12.4 Å². The van der Waals surface area contributed by atoms with Gasteiger partial charge in [-0.3, -0.25) is 4.79 Å². The van der Waals surface area contributed by atoms with Gasteiger partial charge >= 0.3 is 6.61 Å². The van der Waals surface area contributed by atoms with E-state index in [0.717, 1.165) is 6.07 Å². The van der Waals surface area contributed by atoms with Crippen LogP contribution in [-0.2, 0) is 10.2 Å². The SMILES string of the molecule is CC(=O)C1(c2ccc(OC(F)F)cc2F)CC1. The summed E-state index contributed by atoms with van der Waals surface area (Å²) in [5, 5.41) is 0. The third-order valence-corrected chi connectivity index (χ3v) is 3.11. The fourth-order valence-electron chi connectivity index (χ4n) is 2.00. The Balaban J connectivity index is 2.30. The molecule has 0 radical (unpaired) electrons. The molecule has 0 aromatic heterocycles. The van der Waals surface area contributed by atoms with Crippen LogP contribution in [0.3, 0.4) is 0 Å². The highest BCUT2D eigenvalue weighted by Gasteiger charge is 2.50. The Hall–Kier alpha value is -1.52. The molecule has 0 N–H and O–H groups in total. The third-order valence-electron chi connectivity index (χ3n) is 3.11. The molecule has 1 aliphatic rings. The molecule has 0 spiro atoms. The number of ketones is 1. The van der Waals surface area contributed by atoms with Crippen molar-refractivity contribution in [2.45, 2.75) is 31.8 Å². The summed E-state index contributed by atoms with van der Waals surface area (Å²) in [7, 11) is 0. The number of rotatable bonds is 4. The molecule has 1 aromatic rings. The number of ether oxygens (including phenoxy) is 1. The van der Waals surface area contributed by atoms with Crippen molar-refractivity contribution >= 4 is 5.78 Å². The van der Waals surface area contributed by atoms with Crippen LogP contribution in [0.2, 0.25) is 0 Å². The average Bonchev–Trinajstić information content (AvgIpc) is 2.97. The van der Waals surface area contributed by atoms with E-state index in [1.54, 1.807) is 0 Å². The molecule has 0 unspecified atom stereocenters. The smallest absolute Gasteiger partial charge is 0.387 e. The maximum atomic E-state index is 13.7. The Bertz CT molecular complexity index is 453. The van der Waals surface area contributed by atoms with E-state index in [1.807, 2.05) is 0 Å². The Morgan fingerprint density at radius 2 is 2.06 bits per heavy atom. The second-order valence-corrected chi connectivity index (χ2v) is 4.16. The number of hydrogen-bond acceptors (Lipinski definition) is 2. The number of halogens is 3. The molecule has 17 heavy (non-hydrogen) atoms. The highest BCUT2D eigenvalue weighted by atomic mass is 19.3. The van der Waals surface area contributed by atoms with Gasteiger partial charge in [0.05, 0.1) is 5.41 Å². The average molecular weight is 244 g/mol. The number of hydrogen-bond donors (Lipinski definition) is 0. The van der Waals surface area contributed by atoms with Crippen molar-refractivity contribution in [3.8, 4) is 5.75 Å². The number of carbonyl (C=O) groups is 1. The molecule has 0 atom stereocenters. The molecular weight excluding hydrogens is 233 g/mol. The monoisotopic (exact) mass is 244 g/mol. The van der Waals surface area contributed by atoms with E-state index in [9.17, 15) is 18.0 Å². The minimum Gasteiger partial charge on any atom is -0.435 e. The lowest BCUT2D eigenvalue weighted by Gasteiger charge is -2.14. The zero-order valence-electron chi connectivity index (χ0n) is 9.17. The molecule has 2 nitrogen and oxygen atoms in total. The van der Waals surface area contributed by atoms with Crippen LogP contribution in [0.5, 0.6) is 5.75 Å². The Morgan fingerprint density at radius 3 is 2.47 bits per heavy atom. The van der Waals surface area contributed by atoms with Gasteiger partial charge in [-0.2, -0.15) is 8.78 Å². The quantitative estimate of drug-likeness (QED) is 0.813. The molecule has 5 heteroatoms. The fraction of sp³-hybridized carbons (Fsp3) is 0.417. The van der Waals surface area contributed by atoms with Crippen LogP contribution in [0.4, 0.5) is 13.2 Å². The first-order chi connectivity index (χ1) is 7.95. The number of Topliss-reactive ketones (excluding diaryl/α,β-unsaturated/α-hetero) is 1. The zero-order valence-corrected chi connectivity index (χ0v) is 9.17. The third kappa shape index (κ3) is 2.14. The first-order valence-electron chi connectivity index (χ1n) is 5.21. The van der Waals surface area contributed by atoms with Gasteiger partial charge in [-0.05, 0) is 25.8 Å². The highest BCUT2D eigenvalue weighted by molar-refractivity contribution is 5.91. The molecule has 0 amide bonds. The second-order valence-electron chi connectivity index (χ2n) is 4.16. The van der Waals surface area contributed by atoms with Crippen LogP contribution in [0.1, 0.15) is 25.3 Å². The van der Waals surface area contributed by atoms with Gasteiger partial charge in [-0.15, -0.1) is 0 Å². The number of alkyl halides is 2. The van der Waals surface area contributed by atoms with E-state index in [-0.39, 0.29) is 17.1 Å². The van der Waals surface area contributed by atoms with E-state index >= 15 is 0 Å². The summed E-state index contributed by atoms with van der Waals surface area (Å²) in [4.78, 5) is 11.4. The fourth-order valence-corrected chi connectivity index (χ4v) is 2.00. The Labute approximate surface area is 96.4 Å². The summed E-state index contributed by atoms with van der Waals surface area (Å²) < 4.78 is 41.7. The van der Waals surface area contributed by atoms with Crippen molar-refractivity contribution in [1.82, 2.24) is 0 Å². The van der Waals surface area contributed by atoms with Gasteiger partial charge in [0.1, 0.15) is 17.3 Å². The first-order valence-corrected chi connectivity index (χ1v) is 5.21. The van der Waals surface area contributed by atoms with Gasteiger partial charge in [0.15, 0.2) is 0 Å². The van der Waals surface area contributed by atoms with Crippen LogP contribution in [0.15, 0.2) is 18.2 Å². The van der Waals surface area contributed by atoms with E-state index in [1.165, 1.54) is 19.1 Å². The molecule has 92 valence electrons. The first kappa shape index (κ1) is 12.0. The van der Waals surface area contributed by atoms with Gasteiger partial charge in [-0.25, -0.2) is 4.39 Å². The van der Waals surface area contributed by atoms with E-state index in [2.05, 4.69) is 4.74 Å². The van der Waals surface area contributed by atoms with E-state index in [0.29, 0.717) is 12.8 Å². The van der Waals surface area contributed by atoms with Crippen LogP contribution >= 0.6 is 0 Å². The molecule has 1 fully saturated rings. The maximum absolute atomic E-state index is 13.7. The van der Waals surface area contributed by atoms with Gasteiger partial charge in [-0.1, -0.05) is 6.07 Å². The summed E-state index contributed by atoms with van der Waals surface area (Å²) >= 11 is 0. The van der Waals surface area contributed by atoms with Crippen molar-refractivity contribution in [3.05, 3.63) is 29.6 Å². The summed E-state index contributed by atoms with van der Waals surface area (Å²) in [5.41, 5.74) is -0.473. The molecule has 0 saturated heterocycles. The van der Waals surface area contributed by atoms with Crippen molar-refractivity contribution < 1.29 is 22.7 Å². The molecule has 1 aromatic carbocycles. The summed E-state index contributed by atoms with van der Waals surface area (Å²) in [6.45, 7) is -1.57. The largest absolute Gasteiger partial charge is 0.435 e. The topological polar surface area (TPSA) is 26.3 Å². The summed E-state index contributed by atoms with van der Waals surface area (Å²) in [6, 6.07) is 3.50. The van der Waals surface area contributed by atoms with Crippen molar-refractivity contribution in [3.63, 3.8) is 0 Å². The van der Waals surface area contributed by atoms with Crippen molar-refractivity contribution in [2.24, 2.45) is 0 Å². The van der Waals surface area contributed by atoms with E-state index < -0.39 is 17.8 Å². The summed E-state index contributed by atoms with van der Waals surface area (Å²) in [6.07, 6.45) is 1.21. The van der Waals surface area contributed by atoms with Gasteiger partial charge in [0, 0.05) is 11.6 Å². The Kier molecular flexibility index (Phi) is 2.85.